The van der Waals surface area contributed by atoms with Crippen molar-refractivity contribution in [2.75, 3.05) is 0 Å². The number of nitrogens with zero attached hydrogens (tertiary/aromatic N) is 4. The number of rotatable bonds is 5. The predicted molar refractivity (Wildman–Crippen MR) is 405 cm³/mol. The van der Waals surface area contributed by atoms with Gasteiger partial charge in [-0.3, -0.25) is 0 Å². The van der Waals surface area contributed by atoms with E-state index in [1.807, 2.05) is 0 Å². The molecular formula is C94H54N4O2. The van der Waals surface area contributed by atoms with Gasteiger partial charge in [0.15, 0.2) is 11.6 Å². The maximum absolute atomic E-state index is 7.64. The largest absolute Gasteiger partial charge is 0.455 e. The molecule has 0 saturated heterocycles. The zero-order chi connectivity index (χ0) is 65.4. The van der Waals surface area contributed by atoms with Crippen LogP contribution in [-0.2, 0) is 10.8 Å². The Kier molecular flexibility index (Phi) is 11.4. The first-order valence-electron chi connectivity index (χ1n) is 34.2. The standard InChI is InChI=1S/C94H54N4O2/c1-2-24-59(25-3-1)85-68-33-12-16-41-81(68)96-92(97-85)71-36-20-40-76-84(71)67-32-11-15-38-74(67)94(76)79-51-47-57-23-6-9-30-65(57)89(79)100-90-72-54-61(44-43-58(72)48-52-80(90)94)60-26-18-27-62(53-60)91-95-82-42-17-13-34-69(82)86(98-91)70-35-19-39-75-83(70)66-31-10-14-37-73(66)93(75)77-49-45-55-21-4-7-28-63(55)87(77)99-88-64-29-8-5-22-56(64)46-50-78(88)93/h1-54H. The smallest absolute Gasteiger partial charge is 0.161 e. The van der Waals surface area contributed by atoms with E-state index in [9.17, 15) is 0 Å². The SMILES string of the molecule is c1ccc(-c2nc(-c3cccc4c3-c3ccccc3C43c4ccc5ccccc5c4Oc4c3ccc3ccc(-c5cccc(-c6nc(-c7cccc8c7-c7ccccc7C87c8ccc9ccccc9c8Oc8c7ccc7ccccc87)c7ccccc7n6)c5)cc43)nc3ccccc23)cc1. The zero-order valence-electron chi connectivity index (χ0n) is 53.8. The van der Waals surface area contributed by atoms with Gasteiger partial charge in [0.05, 0.1) is 33.3 Å². The minimum atomic E-state index is -0.797. The summed E-state index contributed by atoms with van der Waals surface area (Å²) in [4.78, 5) is 22.1. The summed E-state index contributed by atoms with van der Waals surface area (Å²) in [7, 11) is 0. The first-order valence-corrected chi connectivity index (χ1v) is 34.2. The van der Waals surface area contributed by atoms with Crippen molar-refractivity contribution in [2.24, 2.45) is 0 Å². The van der Waals surface area contributed by atoms with Gasteiger partial charge in [0.1, 0.15) is 23.0 Å². The van der Waals surface area contributed by atoms with Crippen molar-refractivity contribution in [1.29, 1.82) is 0 Å². The molecule has 1 atom stereocenters. The van der Waals surface area contributed by atoms with Gasteiger partial charge < -0.3 is 9.47 Å². The Morgan fingerprint density at radius 1 is 0.210 bits per heavy atom. The van der Waals surface area contributed by atoms with Gasteiger partial charge in [-0.1, -0.05) is 303 Å². The lowest BCUT2D eigenvalue weighted by Gasteiger charge is -2.40. The molecule has 2 spiro atoms. The van der Waals surface area contributed by atoms with E-state index in [1.54, 1.807) is 0 Å². The molecule has 0 radical (unpaired) electrons. The molecular weight excluding hydrogens is 1220 g/mol. The number of ether oxygens (including phenoxy) is 2. The molecule has 2 aromatic heterocycles. The van der Waals surface area contributed by atoms with Crippen LogP contribution < -0.4 is 9.47 Å². The van der Waals surface area contributed by atoms with Crippen LogP contribution in [0.5, 0.6) is 23.0 Å². The number of benzene rings is 16. The fourth-order valence-electron chi connectivity index (χ4n) is 17.8. The molecule has 462 valence electrons. The van der Waals surface area contributed by atoms with Crippen LogP contribution in [0.25, 0.3) is 144 Å². The van der Waals surface area contributed by atoms with Gasteiger partial charge in [-0.25, -0.2) is 19.9 Å². The van der Waals surface area contributed by atoms with Crippen LogP contribution in [-0.4, -0.2) is 19.9 Å². The summed E-state index contributed by atoms with van der Waals surface area (Å²) >= 11 is 0. The summed E-state index contributed by atoms with van der Waals surface area (Å²) in [6, 6.07) is 118. The van der Waals surface area contributed by atoms with E-state index in [0.29, 0.717) is 11.6 Å². The first kappa shape index (κ1) is 55.0. The topological polar surface area (TPSA) is 70.0 Å². The van der Waals surface area contributed by atoms with Crippen LogP contribution in [0.3, 0.4) is 0 Å². The lowest BCUT2D eigenvalue weighted by Crippen LogP contribution is -2.32. The average Bonchev–Trinajstić information content (AvgIpc) is 1.48. The van der Waals surface area contributed by atoms with Crippen molar-refractivity contribution in [3.05, 3.63) is 372 Å². The number of fused-ring (bicyclic) bond motifs is 28. The number of aromatic nitrogens is 4. The van der Waals surface area contributed by atoms with Gasteiger partial charge in [0.25, 0.3) is 0 Å². The molecule has 4 aliphatic rings. The molecule has 6 nitrogen and oxygen atoms in total. The molecule has 2 aliphatic carbocycles. The highest BCUT2D eigenvalue weighted by atomic mass is 16.5. The summed E-state index contributed by atoms with van der Waals surface area (Å²) in [6.07, 6.45) is 0. The fraction of sp³-hybridized carbons (Fsp3) is 0.0213. The van der Waals surface area contributed by atoms with Crippen LogP contribution in [0.4, 0.5) is 0 Å². The second-order valence-electron chi connectivity index (χ2n) is 26.9. The highest BCUT2D eigenvalue weighted by Crippen LogP contribution is 2.67. The molecule has 0 bridgehead atoms. The summed E-state index contributed by atoms with van der Waals surface area (Å²) in [6.45, 7) is 0. The van der Waals surface area contributed by atoms with Gasteiger partial charge in [0, 0.05) is 76.8 Å². The van der Waals surface area contributed by atoms with Crippen LogP contribution in [0.1, 0.15) is 44.5 Å². The number of hydrogen-bond donors (Lipinski definition) is 0. The lowest BCUT2D eigenvalue weighted by molar-refractivity contribution is 0.447. The van der Waals surface area contributed by atoms with Crippen molar-refractivity contribution in [3.63, 3.8) is 0 Å². The molecule has 22 rings (SSSR count). The third kappa shape index (κ3) is 7.45. The third-order valence-corrected chi connectivity index (χ3v) is 22.0. The predicted octanol–water partition coefficient (Wildman–Crippen LogP) is 23.5. The quantitative estimate of drug-likeness (QED) is 0.171. The highest BCUT2D eigenvalue weighted by molar-refractivity contribution is 6.07. The van der Waals surface area contributed by atoms with E-state index in [1.165, 1.54) is 22.3 Å². The van der Waals surface area contributed by atoms with Crippen LogP contribution in [0.15, 0.2) is 328 Å². The van der Waals surface area contributed by atoms with Crippen molar-refractivity contribution in [2.45, 2.75) is 10.8 Å². The van der Waals surface area contributed by atoms with Crippen molar-refractivity contribution in [3.8, 4) is 102 Å². The molecule has 100 heavy (non-hydrogen) atoms. The van der Waals surface area contributed by atoms with Gasteiger partial charge >= 0.3 is 0 Å². The van der Waals surface area contributed by atoms with E-state index in [0.717, 1.165) is 177 Å². The maximum Gasteiger partial charge on any atom is 0.161 e. The van der Waals surface area contributed by atoms with E-state index >= 15 is 0 Å². The molecule has 0 fully saturated rings. The Balaban J connectivity index is 0.718. The van der Waals surface area contributed by atoms with Gasteiger partial charge in [0.2, 0.25) is 0 Å². The van der Waals surface area contributed by atoms with Crippen molar-refractivity contribution >= 4 is 64.9 Å². The Labute approximate surface area is 575 Å². The lowest BCUT2D eigenvalue weighted by atomic mass is 9.65. The molecule has 0 saturated carbocycles. The van der Waals surface area contributed by atoms with E-state index < -0.39 is 10.8 Å². The minimum Gasteiger partial charge on any atom is -0.455 e. The van der Waals surface area contributed by atoms with Crippen LogP contribution >= 0.6 is 0 Å². The molecule has 1 unspecified atom stereocenters. The van der Waals surface area contributed by atoms with E-state index in [-0.39, 0.29) is 0 Å². The first-order chi connectivity index (χ1) is 49.6. The van der Waals surface area contributed by atoms with Crippen molar-refractivity contribution in [1.82, 2.24) is 19.9 Å². The third-order valence-electron chi connectivity index (χ3n) is 22.0. The molecule has 0 N–H and O–H groups in total. The number of hydrogen-bond acceptors (Lipinski definition) is 6. The summed E-state index contributed by atoms with van der Waals surface area (Å²) in [5, 5.41) is 10.7. The van der Waals surface area contributed by atoms with Crippen molar-refractivity contribution < 1.29 is 9.47 Å². The molecule has 18 aromatic rings. The fourth-order valence-corrected chi connectivity index (χ4v) is 17.8. The summed E-state index contributed by atoms with van der Waals surface area (Å²) in [5.74, 6) is 4.78. The normalized spacial score (nSPS) is 14.7. The Hall–Kier alpha value is -13.2. The Bertz CT molecular complexity index is 6550. The second kappa shape index (κ2) is 20.7. The maximum atomic E-state index is 7.64. The monoisotopic (exact) mass is 1270 g/mol. The highest BCUT2D eigenvalue weighted by Gasteiger charge is 2.54. The number of para-hydroxylation sites is 2. The molecule has 6 heteroatoms. The minimum absolute atomic E-state index is 0.643. The average molecular weight is 1270 g/mol. The van der Waals surface area contributed by atoms with Gasteiger partial charge in [-0.2, -0.15) is 0 Å². The second-order valence-corrected chi connectivity index (χ2v) is 26.9. The molecule has 2 aliphatic heterocycles. The summed E-state index contributed by atoms with van der Waals surface area (Å²) in [5.41, 5.74) is 21.8. The van der Waals surface area contributed by atoms with Gasteiger partial charge in [-0.05, 0) is 101 Å². The van der Waals surface area contributed by atoms with Gasteiger partial charge in [-0.15, -0.1) is 0 Å². The Morgan fingerprint density at radius 2 is 0.590 bits per heavy atom. The van der Waals surface area contributed by atoms with E-state index in [2.05, 4.69) is 328 Å². The molecule has 4 heterocycles. The summed E-state index contributed by atoms with van der Waals surface area (Å²) < 4.78 is 15.0. The molecule has 0 amide bonds. The van der Waals surface area contributed by atoms with E-state index in [4.69, 9.17) is 29.4 Å². The molecule has 16 aromatic carbocycles. The Morgan fingerprint density at radius 3 is 1.17 bits per heavy atom. The van der Waals surface area contributed by atoms with Crippen LogP contribution in [0, 0.1) is 0 Å². The zero-order valence-corrected chi connectivity index (χ0v) is 53.8. The van der Waals surface area contributed by atoms with Crippen LogP contribution in [0.2, 0.25) is 0 Å².